The minimum absolute atomic E-state index is 1.45. The van der Waals surface area contributed by atoms with E-state index in [1.165, 1.54) is 126 Å². The Balaban J connectivity index is 1.40. The van der Waals surface area contributed by atoms with Crippen molar-refractivity contribution in [3.8, 4) is 0 Å². The van der Waals surface area contributed by atoms with Gasteiger partial charge in [0.15, 0.2) is 0 Å². The third-order valence-corrected chi connectivity index (χ3v) is 23.7. The zero-order valence-electron chi connectivity index (χ0n) is 22.5. The van der Waals surface area contributed by atoms with E-state index in [0.29, 0.717) is 0 Å². The van der Waals surface area contributed by atoms with Crippen LogP contribution in [0.15, 0.2) is 45.8 Å². The molecule has 0 N–H and O–H groups in total. The molecule has 12 heteroatoms. The van der Waals surface area contributed by atoms with Gasteiger partial charge in [0.2, 0.25) is 0 Å². The first-order valence-electron chi connectivity index (χ1n) is 14.3. The molecule has 0 amide bonds. The van der Waals surface area contributed by atoms with Crippen molar-refractivity contribution in [3.63, 3.8) is 0 Å². The molecular formula is C34H8S12. The Morgan fingerprint density at radius 2 is 0.500 bits per heavy atom. The second-order valence-corrected chi connectivity index (χ2v) is 25.4. The highest BCUT2D eigenvalue weighted by Crippen LogP contribution is 2.62. The third-order valence-electron chi connectivity index (χ3n) is 9.50. The highest BCUT2D eigenvalue weighted by molar-refractivity contribution is 7.54. The SMILES string of the molecule is c1cc2c(s1)sc1sc3c4c5sc6sc7sccc7c6c5c5c(sc6sc7sccc7c65)c4c4sc5sc6sccc6c5c4c3c12. The van der Waals surface area contributed by atoms with Gasteiger partial charge in [-0.3, -0.25) is 0 Å². The highest BCUT2D eigenvalue weighted by atomic mass is 32.2. The van der Waals surface area contributed by atoms with Gasteiger partial charge in [0.25, 0.3) is 0 Å². The Kier molecular flexibility index (Phi) is 4.56. The van der Waals surface area contributed by atoms with E-state index in [2.05, 4.69) is 91.1 Å². The van der Waals surface area contributed by atoms with Gasteiger partial charge in [-0.05, 0) is 45.8 Å². The summed E-state index contributed by atoms with van der Waals surface area (Å²) in [4.78, 5) is 0. The van der Waals surface area contributed by atoms with Crippen molar-refractivity contribution < 1.29 is 0 Å². The van der Waals surface area contributed by atoms with Crippen molar-refractivity contribution in [1.29, 1.82) is 0 Å². The van der Waals surface area contributed by atoms with Crippen molar-refractivity contribution >= 4 is 262 Å². The normalized spacial score (nSPS) is 13.7. The zero-order valence-corrected chi connectivity index (χ0v) is 32.3. The number of hydrogen-bond donors (Lipinski definition) is 0. The quantitative estimate of drug-likeness (QED) is 0.143. The number of fused-ring (bicyclic) bond motifs is 27. The van der Waals surface area contributed by atoms with E-state index in [4.69, 9.17) is 0 Å². The molecule has 0 unspecified atom stereocenters. The summed E-state index contributed by atoms with van der Waals surface area (Å²) in [6.07, 6.45) is 0. The van der Waals surface area contributed by atoms with Crippen molar-refractivity contribution in [2.24, 2.45) is 0 Å². The van der Waals surface area contributed by atoms with Gasteiger partial charge in [-0.1, -0.05) is 0 Å². The van der Waals surface area contributed by atoms with Crippen LogP contribution in [-0.2, 0) is 0 Å². The lowest BCUT2D eigenvalue weighted by atomic mass is 9.96. The number of rotatable bonds is 0. The largest absolute Gasteiger partial charge is 0.133 e. The van der Waals surface area contributed by atoms with Crippen LogP contribution < -0.4 is 0 Å². The lowest BCUT2D eigenvalue weighted by Gasteiger charge is -2.09. The van der Waals surface area contributed by atoms with Gasteiger partial charge in [0, 0.05) is 94.2 Å². The summed E-state index contributed by atoms with van der Waals surface area (Å²) in [5.41, 5.74) is 0. The van der Waals surface area contributed by atoms with Gasteiger partial charge in [-0.25, -0.2) is 0 Å². The molecule has 0 fully saturated rings. The van der Waals surface area contributed by atoms with Gasteiger partial charge < -0.3 is 0 Å². The summed E-state index contributed by atoms with van der Waals surface area (Å²) in [7, 11) is 0. The van der Waals surface area contributed by atoms with Crippen LogP contribution >= 0.6 is 136 Å². The summed E-state index contributed by atoms with van der Waals surface area (Å²) in [6.45, 7) is 0. The maximum atomic E-state index is 2.38. The fourth-order valence-electron chi connectivity index (χ4n) is 7.80. The molecule has 0 bridgehead atoms. The van der Waals surface area contributed by atoms with Crippen LogP contribution in [0.25, 0.3) is 126 Å². The molecule has 12 heterocycles. The average Bonchev–Trinajstić information content (AvgIpc) is 3.84. The van der Waals surface area contributed by atoms with Crippen molar-refractivity contribution in [3.05, 3.63) is 45.8 Å². The van der Waals surface area contributed by atoms with E-state index < -0.39 is 0 Å². The van der Waals surface area contributed by atoms with Crippen LogP contribution in [0.3, 0.4) is 0 Å². The van der Waals surface area contributed by atoms with Crippen LogP contribution in [0.1, 0.15) is 0 Å². The predicted octanol–water partition coefficient (Wildman–Crippen LogP) is 17.4. The second kappa shape index (κ2) is 8.32. The summed E-state index contributed by atoms with van der Waals surface area (Å²) in [6, 6.07) is 9.52. The van der Waals surface area contributed by atoms with Gasteiger partial charge in [0.1, 0.15) is 0 Å². The Morgan fingerprint density at radius 3 is 0.761 bits per heavy atom. The van der Waals surface area contributed by atoms with Gasteiger partial charge in [0.05, 0.1) is 32.1 Å². The van der Waals surface area contributed by atoms with E-state index >= 15 is 0 Å². The molecule has 46 heavy (non-hydrogen) atoms. The summed E-state index contributed by atoms with van der Waals surface area (Å²) in [5, 5.41) is 30.1. The molecule has 216 valence electrons. The van der Waals surface area contributed by atoms with Gasteiger partial charge in [-0.15, -0.1) is 136 Å². The Morgan fingerprint density at radius 1 is 0.239 bits per heavy atom. The van der Waals surface area contributed by atoms with E-state index in [9.17, 15) is 0 Å². The molecule has 0 aliphatic carbocycles. The molecule has 0 radical (unpaired) electrons. The van der Waals surface area contributed by atoms with Gasteiger partial charge in [-0.2, -0.15) is 0 Å². The molecule has 0 aliphatic rings. The number of thiophene rings is 12. The minimum atomic E-state index is 1.45. The zero-order chi connectivity index (χ0) is 29.2. The van der Waals surface area contributed by atoms with E-state index in [1.807, 2.05) is 90.7 Å². The van der Waals surface area contributed by atoms with E-state index in [-0.39, 0.29) is 0 Å². The van der Waals surface area contributed by atoms with Crippen LogP contribution in [0.5, 0.6) is 0 Å². The second-order valence-electron chi connectivity index (χ2n) is 11.5. The number of hydrogen-bond acceptors (Lipinski definition) is 12. The lowest BCUT2D eigenvalue weighted by Crippen LogP contribution is -1.80. The molecule has 0 aliphatic heterocycles. The fraction of sp³-hybridized carbons (Fsp3) is 0. The van der Waals surface area contributed by atoms with Crippen LogP contribution in [-0.4, -0.2) is 0 Å². The van der Waals surface area contributed by atoms with Crippen molar-refractivity contribution in [2.75, 3.05) is 0 Å². The van der Waals surface area contributed by atoms with E-state index in [0.717, 1.165) is 0 Å². The first kappa shape index (κ1) is 25.2. The van der Waals surface area contributed by atoms with Crippen LogP contribution in [0.4, 0.5) is 0 Å². The van der Waals surface area contributed by atoms with Crippen LogP contribution in [0, 0.1) is 0 Å². The number of benzene rings is 2. The molecular weight excluding hydrogens is 793 g/mol. The Hall–Kier alpha value is -1.78. The Bertz CT molecular complexity index is 3180. The van der Waals surface area contributed by atoms with Crippen molar-refractivity contribution in [2.45, 2.75) is 0 Å². The molecule has 0 atom stereocenters. The minimum Gasteiger partial charge on any atom is -0.133 e. The first-order valence-corrected chi connectivity index (χ1v) is 24.3. The predicted molar refractivity (Wildman–Crippen MR) is 229 cm³/mol. The summed E-state index contributed by atoms with van der Waals surface area (Å²) in [5.74, 6) is 0. The molecule has 0 saturated heterocycles. The molecule has 0 spiro atoms. The molecule has 2 aromatic carbocycles. The molecule has 14 aromatic rings. The van der Waals surface area contributed by atoms with Gasteiger partial charge >= 0.3 is 0 Å². The standard InChI is InChI=1S/C34H8S12/c1-5-35-27-9(1)13-17-18-14-10-2-6-36-28(10)44-32(14)40-24(18)22-21(23(17)39-31(13)43-27)25-19(15-11-3-7-37-29(11)45-33(15)41-25)20-16-12-4-8-38-30(12)46-34(16)42-26(20)22/h1-8H. The highest BCUT2D eigenvalue weighted by Gasteiger charge is 2.30. The summed E-state index contributed by atoms with van der Waals surface area (Å²) < 4.78 is 17.8. The smallest absolute Gasteiger partial charge is 0.0899 e. The van der Waals surface area contributed by atoms with Crippen LogP contribution in [0.2, 0.25) is 0 Å². The molecule has 14 rings (SSSR count). The maximum Gasteiger partial charge on any atom is 0.0899 e. The average molecular weight is 801 g/mol. The lowest BCUT2D eigenvalue weighted by molar-refractivity contribution is 2.18. The fourth-order valence-corrected chi connectivity index (χ4v) is 23.7. The maximum absolute atomic E-state index is 2.38. The first-order chi connectivity index (χ1) is 22.8. The molecule has 0 saturated carbocycles. The molecule has 12 aromatic heterocycles. The summed E-state index contributed by atoms with van der Waals surface area (Å²) >= 11 is 23.9. The topological polar surface area (TPSA) is 0 Å². The third kappa shape index (κ3) is 2.73. The van der Waals surface area contributed by atoms with Crippen molar-refractivity contribution in [1.82, 2.24) is 0 Å². The van der Waals surface area contributed by atoms with E-state index in [1.54, 1.807) is 0 Å². The molecule has 0 nitrogen and oxygen atoms in total. The monoisotopic (exact) mass is 800 g/mol. The Labute approximate surface area is 304 Å².